The third-order valence-corrected chi connectivity index (χ3v) is 8.63. The molecular formula is C27H53NO9Si. The van der Waals surface area contributed by atoms with Crippen molar-refractivity contribution >= 4 is 20.9 Å². The molecule has 0 atom stereocenters. The first-order valence-electron chi connectivity index (χ1n) is 14.3. The molecule has 38 heavy (non-hydrogen) atoms. The molecule has 0 aromatic rings. The number of alkyl carbamates (subject to hydrolysis) is 1. The largest absolute Gasteiger partial charge is 0.500 e. The van der Waals surface area contributed by atoms with Crippen LogP contribution in [0.5, 0.6) is 0 Å². The molecule has 0 saturated heterocycles. The molecule has 0 radical (unpaired) electrons. The molecule has 0 saturated carbocycles. The van der Waals surface area contributed by atoms with Gasteiger partial charge in [0.05, 0.1) is 33.0 Å². The van der Waals surface area contributed by atoms with Gasteiger partial charge in [-0.2, -0.15) is 0 Å². The van der Waals surface area contributed by atoms with Crippen molar-refractivity contribution in [2.24, 2.45) is 0 Å². The lowest BCUT2D eigenvalue weighted by Crippen LogP contribution is -2.45. The van der Waals surface area contributed by atoms with Crippen molar-refractivity contribution in [2.75, 3.05) is 66.0 Å². The van der Waals surface area contributed by atoms with Crippen molar-refractivity contribution < 1.29 is 41.8 Å². The van der Waals surface area contributed by atoms with Gasteiger partial charge in [-0.25, -0.2) is 9.59 Å². The Morgan fingerprint density at radius 3 is 1.71 bits per heavy atom. The molecule has 1 N–H and O–H groups in total. The Morgan fingerprint density at radius 1 is 0.658 bits per heavy atom. The van der Waals surface area contributed by atoms with E-state index in [2.05, 4.69) is 11.9 Å². The molecule has 0 aliphatic rings. The van der Waals surface area contributed by atoms with E-state index in [1.54, 1.807) is 0 Å². The molecule has 0 rings (SSSR count). The quantitative estimate of drug-likeness (QED) is 0.0606. The van der Waals surface area contributed by atoms with Gasteiger partial charge in [0.1, 0.15) is 6.61 Å². The minimum absolute atomic E-state index is 0.182. The van der Waals surface area contributed by atoms with Crippen LogP contribution in [0.15, 0.2) is 12.7 Å². The Hall–Kier alpha value is -1.50. The summed E-state index contributed by atoms with van der Waals surface area (Å²) in [4.78, 5) is 22.5. The average Bonchev–Trinajstić information content (AvgIpc) is 2.90. The van der Waals surface area contributed by atoms with Crippen LogP contribution in [-0.4, -0.2) is 86.9 Å². The van der Waals surface area contributed by atoms with Crippen LogP contribution < -0.4 is 5.32 Å². The summed E-state index contributed by atoms with van der Waals surface area (Å²) in [6.45, 7) is 13.6. The molecular weight excluding hydrogens is 510 g/mol. The van der Waals surface area contributed by atoms with Crippen LogP contribution in [0.2, 0.25) is 6.04 Å². The van der Waals surface area contributed by atoms with Gasteiger partial charge in [-0.3, -0.25) is 0 Å². The molecule has 1 amide bonds. The lowest BCUT2D eigenvalue weighted by atomic mass is 10.1. The van der Waals surface area contributed by atoms with Gasteiger partial charge in [-0.1, -0.05) is 51.5 Å². The molecule has 10 nitrogen and oxygen atoms in total. The first-order valence-corrected chi connectivity index (χ1v) is 16.2. The highest BCUT2D eigenvalue weighted by atomic mass is 28.4. The molecule has 0 aromatic heterocycles. The van der Waals surface area contributed by atoms with Crippen LogP contribution >= 0.6 is 0 Å². The summed E-state index contributed by atoms with van der Waals surface area (Å²) in [5.41, 5.74) is 0. The number of carbonyl (C=O) groups is 2. The minimum atomic E-state index is -2.48. The van der Waals surface area contributed by atoms with Gasteiger partial charge in [0, 0.05) is 38.5 Å². The topological polar surface area (TPSA) is 111 Å². The van der Waals surface area contributed by atoms with Crippen LogP contribution in [0.25, 0.3) is 0 Å². The van der Waals surface area contributed by atoms with Crippen molar-refractivity contribution in [3.63, 3.8) is 0 Å². The predicted octanol–water partition coefficient (Wildman–Crippen LogP) is 5.03. The number of nitrogens with one attached hydrogen (secondary N) is 1. The molecule has 0 aromatic carbocycles. The fourth-order valence-electron chi connectivity index (χ4n) is 3.71. The Labute approximate surface area is 231 Å². The standard InChI is InChI=1S/C27H53NO9Si/c1-5-26(29)33-24-23-32-22-21-31-20-18-28-27(30)34-19-16-14-12-10-9-11-13-15-17-25-38(35-6-2,36-7-3)37-8-4/h5H,1,6-25H2,2-4H3,(H,28,30). The Morgan fingerprint density at radius 2 is 1.16 bits per heavy atom. The van der Waals surface area contributed by atoms with E-state index in [4.69, 9.17) is 32.2 Å². The molecule has 0 spiro atoms. The van der Waals surface area contributed by atoms with E-state index in [-0.39, 0.29) is 6.61 Å². The summed E-state index contributed by atoms with van der Waals surface area (Å²) in [5, 5.41) is 2.66. The van der Waals surface area contributed by atoms with E-state index >= 15 is 0 Å². The highest BCUT2D eigenvalue weighted by molar-refractivity contribution is 6.60. The summed E-state index contributed by atoms with van der Waals surface area (Å²) in [6.07, 6.45) is 11.0. The van der Waals surface area contributed by atoms with E-state index in [0.717, 1.165) is 37.8 Å². The number of rotatable bonds is 28. The van der Waals surface area contributed by atoms with Gasteiger partial charge in [0.25, 0.3) is 0 Å². The van der Waals surface area contributed by atoms with Gasteiger partial charge in [-0.05, 0) is 33.6 Å². The van der Waals surface area contributed by atoms with Crippen LogP contribution in [-0.2, 0) is 37.0 Å². The van der Waals surface area contributed by atoms with E-state index < -0.39 is 20.9 Å². The third-order valence-electron chi connectivity index (χ3n) is 5.48. The van der Waals surface area contributed by atoms with E-state index in [9.17, 15) is 9.59 Å². The van der Waals surface area contributed by atoms with Gasteiger partial charge in [0.15, 0.2) is 0 Å². The zero-order valence-corrected chi connectivity index (χ0v) is 25.1. The smallest absolute Gasteiger partial charge is 0.460 e. The van der Waals surface area contributed by atoms with Crippen LogP contribution in [0.4, 0.5) is 4.79 Å². The molecule has 11 heteroatoms. The lowest BCUT2D eigenvalue weighted by Gasteiger charge is -2.28. The highest BCUT2D eigenvalue weighted by Gasteiger charge is 2.39. The normalized spacial score (nSPS) is 11.3. The van der Waals surface area contributed by atoms with Gasteiger partial charge in [-0.15, -0.1) is 0 Å². The zero-order chi connectivity index (χ0) is 28.2. The van der Waals surface area contributed by atoms with Gasteiger partial charge >= 0.3 is 20.9 Å². The molecule has 0 aliphatic carbocycles. The van der Waals surface area contributed by atoms with Crippen LogP contribution in [0.1, 0.15) is 78.6 Å². The second-order valence-corrected chi connectivity index (χ2v) is 11.3. The predicted molar refractivity (Wildman–Crippen MR) is 149 cm³/mol. The number of ether oxygens (including phenoxy) is 4. The third kappa shape index (κ3) is 22.5. The molecule has 0 bridgehead atoms. The number of carbonyl (C=O) groups excluding carboxylic acids is 2. The molecule has 0 unspecified atom stereocenters. The molecule has 0 fully saturated rings. The summed E-state index contributed by atoms with van der Waals surface area (Å²) in [7, 11) is -2.48. The second-order valence-electron chi connectivity index (χ2n) is 8.57. The van der Waals surface area contributed by atoms with Gasteiger partial charge in [0.2, 0.25) is 0 Å². The fourth-order valence-corrected chi connectivity index (χ4v) is 6.39. The SMILES string of the molecule is C=CC(=O)OCCOCCOCCNC(=O)OCCCCCCCCCCC[Si](OCC)(OCC)OCC. The summed E-state index contributed by atoms with van der Waals surface area (Å²) >= 11 is 0. The van der Waals surface area contributed by atoms with Crippen LogP contribution in [0.3, 0.4) is 0 Å². The minimum Gasteiger partial charge on any atom is -0.460 e. The van der Waals surface area contributed by atoms with E-state index in [1.807, 2.05) is 20.8 Å². The Kier molecular flexibility index (Phi) is 26.0. The lowest BCUT2D eigenvalue weighted by molar-refractivity contribution is -0.139. The highest BCUT2D eigenvalue weighted by Crippen LogP contribution is 2.21. The monoisotopic (exact) mass is 563 g/mol. The second kappa shape index (κ2) is 27.1. The van der Waals surface area contributed by atoms with Crippen molar-refractivity contribution in [1.82, 2.24) is 5.32 Å². The Balaban J connectivity index is 3.46. The number of amides is 1. The van der Waals surface area contributed by atoms with Gasteiger partial charge < -0.3 is 37.5 Å². The first-order chi connectivity index (χ1) is 18.5. The Bertz CT molecular complexity index is 564. The summed E-state index contributed by atoms with van der Waals surface area (Å²) in [6, 6.07) is 0.899. The number of hydrogen-bond donors (Lipinski definition) is 1. The summed E-state index contributed by atoms with van der Waals surface area (Å²) < 4.78 is 38.3. The first kappa shape index (κ1) is 36.5. The molecule has 224 valence electrons. The number of unbranched alkanes of at least 4 members (excludes halogenated alkanes) is 8. The number of esters is 1. The van der Waals surface area contributed by atoms with Crippen molar-refractivity contribution in [3.05, 3.63) is 12.7 Å². The van der Waals surface area contributed by atoms with Crippen molar-refractivity contribution in [2.45, 2.75) is 84.6 Å². The zero-order valence-electron chi connectivity index (χ0n) is 24.1. The van der Waals surface area contributed by atoms with Crippen LogP contribution in [0, 0.1) is 0 Å². The maximum absolute atomic E-state index is 11.7. The molecule has 0 heterocycles. The van der Waals surface area contributed by atoms with Crippen molar-refractivity contribution in [1.29, 1.82) is 0 Å². The summed E-state index contributed by atoms with van der Waals surface area (Å²) in [5.74, 6) is -0.469. The van der Waals surface area contributed by atoms with Crippen molar-refractivity contribution in [3.8, 4) is 0 Å². The molecule has 0 aliphatic heterocycles. The van der Waals surface area contributed by atoms with E-state index in [0.29, 0.717) is 59.4 Å². The average molecular weight is 564 g/mol. The fraction of sp³-hybridized carbons (Fsp3) is 0.852. The maximum atomic E-state index is 11.7. The maximum Gasteiger partial charge on any atom is 0.500 e. The number of hydrogen-bond acceptors (Lipinski definition) is 9. The van der Waals surface area contributed by atoms with E-state index in [1.165, 1.54) is 32.1 Å².